The van der Waals surface area contributed by atoms with Gasteiger partial charge in [-0.3, -0.25) is 4.90 Å². The minimum absolute atomic E-state index is 0.368. The second-order valence-electron chi connectivity index (χ2n) is 5.24. The maximum Gasteiger partial charge on any atom is 0.0586 e. The molecule has 2 rings (SSSR count). The van der Waals surface area contributed by atoms with Gasteiger partial charge in [0.1, 0.15) is 0 Å². The molecule has 1 saturated heterocycles. The smallest absolute Gasteiger partial charge is 0.0586 e. The number of aliphatic hydroxyl groups excluding tert-OH is 1. The molecular formula is C13H25NO. The van der Waals surface area contributed by atoms with Gasteiger partial charge >= 0.3 is 0 Å². The van der Waals surface area contributed by atoms with Crippen LogP contribution in [-0.2, 0) is 0 Å². The van der Waals surface area contributed by atoms with Gasteiger partial charge in [-0.1, -0.05) is 26.2 Å². The van der Waals surface area contributed by atoms with Crippen LogP contribution in [0.25, 0.3) is 0 Å². The van der Waals surface area contributed by atoms with Crippen molar-refractivity contribution in [2.24, 2.45) is 5.92 Å². The van der Waals surface area contributed by atoms with Gasteiger partial charge in [-0.05, 0) is 38.1 Å². The zero-order chi connectivity index (χ0) is 10.7. The molecule has 2 heteroatoms. The molecule has 2 aliphatic rings. The zero-order valence-corrected chi connectivity index (χ0v) is 9.99. The van der Waals surface area contributed by atoms with Crippen LogP contribution >= 0.6 is 0 Å². The largest absolute Gasteiger partial charge is 0.395 e. The van der Waals surface area contributed by atoms with Crippen LogP contribution in [0.15, 0.2) is 0 Å². The van der Waals surface area contributed by atoms with Crippen molar-refractivity contribution in [3.05, 3.63) is 0 Å². The average Bonchev–Trinajstić information content (AvgIpc) is 2.76. The van der Waals surface area contributed by atoms with Gasteiger partial charge in [-0.15, -0.1) is 0 Å². The molecule has 15 heavy (non-hydrogen) atoms. The summed E-state index contributed by atoms with van der Waals surface area (Å²) in [5.74, 6) is 0.894. The van der Waals surface area contributed by atoms with Crippen molar-refractivity contribution in [3.63, 3.8) is 0 Å². The first-order valence-corrected chi connectivity index (χ1v) is 6.73. The molecule has 2 unspecified atom stereocenters. The fourth-order valence-corrected chi connectivity index (χ4v) is 3.59. The van der Waals surface area contributed by atoms with Crippen molar-refractivity contribution in [2.75, 3.05) is 13.2 Å². The summed E-state index contributed by atoms with van der Waals surface area (Å²) in [6.45, 7) is 3.92. The summed E-state index contributed by atoms with van der Waals surface area (Å²) in [6, 6.07) is 1.26. The van der Waals surface area contributed by atoms with E-state index in [0.29, 0.717) is 12.6 Å². The first-order valence-electron chi connectivity index (χ1n) is 6.73. The van der Waals surface area contributed by atoms with E-state index in [2.05, 4.69) is 11.8 Å². The van der Waals surface area contributed by atoms with Gasteiger partial charge < -0.3 is 5.11 Å². The fraction of sp³-hybridized carbons (Fsp3) is 1.00. The summed E-state index contributed by atoms with van der Waals surface area (Å²) in [4.78, 5) is 2.62. The Hall–Kier alpha value is -0.0800. The number of likely N-dealkylation sites (tertiary alicyclic amines) is 1. The van der Waals surface area contributed by atoms with Crippen molar-refractivity contribution in [1.82, 2.24) is 4.90 Å². The van der Waals surface area contributed by atoms with E-state index >= 15 is 0 Å². The highest BCUT2D eigenvalue weighted by molar-refractivity contribution is 4.89. The SMILES string of the molecule is CCC1CCCCC1N1CCC[C@@H]1CO. The molecule has 1 N–H and O–H groups in total. The van der Waals surface area contributed by atoms with Crippen LogP contribution in [0.3, 0.4) is 0 Å². The first kappa shape index (κ1) is 11.4. The highest BCUT2D eigenvalue weighted by atomic mass is 16.3. The van der Waals surface area contributed by atoms with E-state index in [0.717, 1.165) is 12.0 Å². The quantitative estimate of drug-likeness (QED) is 0.775. The van der Waals surface area contributed by atoms with Crippen LogP contribution < -0.4 is 0 Å². The number of aliphatic hydroxyl groups is 1. The zero-order valence-electron chi connectivity index (χ0n) is 9.99. The molecule has 88 valence electrons. The van der Waals surface area contributed by atoms with Gasteiger partial charge in [-0.2, -0.15) is 0 Å². The predicted molar refractivity (Wildman–Crippen MR) is 62.9 cm³/mol. The lowest BCUT2D eigenvalue weighted by Gasteiger charge is -2.40. The Morgan fingerprint density at radius 2 is 1.93 bits per heavy atom. The van der Waals surface area contributed by atoms with Gasteiger partial charge in [-0.25, -0.2) is 0 Å². The lowest BCUT2D eigenvalue weighted by molar-refractivity contribution is 0.0623. The predicted octanol–water partition coefficient (Wildman–Crippen LogP) is 2.41. The summed E-state index contributed by atoms with van der Waals surface area (Å²) in [5, 5.41) is 9.38. The molecule has 1 aliphatic carbocycles. The van der Waals surface area contributed by atoms with E-state index < -0.39 is 0 Å². The molecule has 0 aromatic carbocycles. The van der Waals surface area contributed by atoms with Crippen molar-refractivity contribution in [2.45, 2.75) is 64.0 Å². The van der Waals surface area contributed by atoms with Gasteiger partial charge in [0.15, 0.2) is 0 Å². The Morgan fingerprint density at radius 3 is 2.67 bits per heavy atom. The fourth-order valence-electron chi connectivity index (χ4n) is 3.59. The third-order valence-corrected chi connectivity index (χ3v) is 4.45. The summed E-state index contributed by atoms with van der Waals surface area (Å²) >= 11 is 0. The highest BCUT2D eigenvalue weighted by Crippen LogP contribution is 2.34. The molecule has 0 amide bonds. The maximum atomic E-state index is 9.38. The lowest BCUT2D eigenvalue weighted by atomic mass is 9.81. The second kappa shape index (κ2) is 5.31. The van der Waals surface area contributed by atoms with Gasteiger partial charge in [0, 0.05) is 12.1 Å². The summed E-state index contributed by atoms with van der Waals surface area (Å²) in [6.07, 6.45) is 9.42. The Balaban J connectivity index is 1.99. The maximum absolute atomic E-state index is 9.38. The molecule has 1 saturated carbocycles. The van der Waals surface area contributed by atoms with Crippen molar-refractivity contribution in [1.29, 1.82) is 0 Å². The normalized spacial score (nSPS) is 38.4. The Bertz CT molecular complexity index is 195. The van der Waals surface area contributed by atoms with Crippen LogP contribution in [0.4, 0.5) is 0 Å². The standard InChI is InChI=1S/C13H25NO/c1-2-11-6-3-4-8-13(11)14-9-5-7-12(14)10-15/h11-13,15H,2-10H2,1H3/t11?,12-,13?/m1/s1. The molecule has 0 bridgehead atoms. The van der Waals surface area contributed by atoms with Crippen LogP contribution in [-0.4, -0.2) is 35.2 Å². The van der Waals surface area contributed by atoms with E-state index in [1.54, 1.807) is 0 Å². The van der Waals surface area contributed by atoms with E-state index in [1.165, 1.54) is 51.5 Å². The van der Waals surface area contributed by atoms with E-state index in [1.807, 2.05) is 0 Å². The Kier molecular flexibility index (Phi) is 4.04. The molecule has 0 radical (unpaired) electrons. The van der Waals surface area contributed by atoms with E-state index in [9.17, 15) is 5.11 Å². The average molecular weight is 211 g/mol. The topological polar surface area (TPSA) is 23.5 Å². The molecule has 2 fully saturated rings. The Labute approximate surface area is 93.7 Å². The lowest BCUT2D eigenvalue weighted by Crippen LogP contribution is -2.46. The molecule has 0 aromatic heterocycles. The molecule has 1 heterocycles. The first-order chi connectivity index (χ1) is 7.36. The van der Waals surface area contributed by atoms with Crippen LogP contribution in [0.1, 0.15) is 51.9 Å². The minimum atomic E-state index is 0.368. The van der Waals surface area contributed by atoms with Crippen molar-refractivity contribution in [3.8, 4) is 0 Å². The summed E-state index contributed by atoms with van der Waals surface area (Å²) in [7, 11) is 0. The third kappa shape index (κ3) is 2.36. The highest BCUT2D eigenvalue weighted by Gasteiger charge is 2.35. The molecular weight excluding hydrogens is 186 g/mol. The molecule has 0 spiro atoms. The van der Waals surface area contributed by atoms with Gasteiger partial charge in [0.2, 0.25) is 0 Å². The number of hydrogen-bond donors (Lipinski definition) is 1. The molecule has 1 aliphatic heterocycles. The van der Waals surface area contributed by atoms with E-state index in [-0.39, 0.29) is 0 Å². The van der Waals surface area contributed by atoms with Gasteiger partial charge in [0.25, 0.3) is 0 Å². The summed E-state index contributed by atoms with van der Waals surface area (Å²) in [5.41, 5.74) is 0. The van der Waals surface area contributed by atoms with Crippen LogP contribution in [0, 0.1) is 5.92 Å². The van der Waals surface area contributed by atoms with Crippen molar-refractivity contribution >= 4 is 0 Å². The van der Waals surface area contributed by atoms with Crippen molar-refractivity contribution < 1.29 is 5.11 Å². The third-order valence-electron chi connectivity index (χ3n) is 4.45. The minimum Gasteiger partial charge on any atom is -0.395 e. The molecule has 2 nitrogen and oxygen atoms in total. The van der Waals surface area contributed by atoms with Crippen LogP contribution in [0.5, 0.6) is 0 Å². The monoisotopic (exact) mass is 211 g/mol. The molecule has 3 atom stereocenters. The Morgan fingerprint density at radius 1 is 1.13 bits per heavy atom. The number of rotatable bonds is 3. The van der Waals surface area contributed by atoms with Crippen LogP contribution in [0.2, 0.25) is 0 Å². The summed E-state index contributed by atoms with van der Waals surface area (Å²) < 4.78 is 0. The number of nitrogens with zero attached hydrogens (tertiary/aromatic N) is 1. The van der Waals surface area contributed by atoms with E-state index in [4.69, 9.17) is 0 Å². The molecule has 0 aromatic rings. The van der Waals surface area contributed by atoms with Gasteiger partial charge in [0.05, 0.1) is 6.61 Å². The second-order valence-corrected chi connectivity index (χ2v) is 5.24. The number of hydrogen-bond acceptors (Lipinski definition) is 2.